The molecule has 1 aliphatic heterocycles. The SMILES string of the molecule is CCCCOc1cccc(C(=O)Oc2ccc3c(c2)OC(N)=C(C#N)C3c2ccc(OCC(C)C)c(OC)c2)c1. The molecule has 0 saturated carbocycles. The number of rotatable bonds is 11. The summed E-state index contributed by atoms with van der Waals surface area (Å²) < 4.78 is 28.6. The fraction of sp³-hybridized carbons (Fsp3) is 0.312. The van der Waals surface area contributed by atoms with Gasteiger partial charge in [0.15, 0.2) is 11.5 Å². The van der Waals surface area contributed by atoms with Crippen molar-refractivity contribution < 1.29 is 28.5 Å². The van der Waals surface area contributed by atoms with E-state index in [1.807, 2.05) is 18.2 Å². The number of allylic oxidation sites excluding steroid dienone is 1. The molecule has 4 rings (SSSR count). The van der Waals surface area contributed by atoms with Crippen LogP contribution in [0.3, 0.4) is 0 Å². The van der Waals surface area contributed by atoms with E-state index < -0.39 is 11.9 Å². The summed E-state index contributed by atoms with van der Waals surface area (Å²) in [7, 11) is 1.57. The maximum absolute atomic E-state index is 12.9. The molecule has 0 aromatic heterocycles. The van der Waals surface area contributed by atoms with Crippen LogP contribution in [-0.4, -0.2) is 26.3 Å². The highest BCUT2D eigenvalue weighted by molar-refractivity contribution is 5.91. The Bertz CT molecular complexity index is 1440. The minimum atomic E-state index is -0.531. The minimum absolute atomic E-state index is 0.0143. The van der Waals surface area contributed by atoms with Gasteiger partial charge in [-0.05, 0) is 54.3 Å². The Hall–Kier alpha value is -4.64. The number of hydrogen-bond donors (Lipinski definition) is 1. The predicted molar refractivity (Wildman–Crippen MR) is 151 cm³/mol. The van der Waals surface area contributed by atoms with Crippen molar-refractivity contribution in [1.29, 1.82) is 5.26 Å². The maximum atomic E-state index is 12.9. The number of carbonyl (C=O) groups is 1. The summed E-state index contributed by atoms with van der Waals surface area (Å²) in [5.74, 6) is 1.74. The summed E-state index contributed by atoms with van der Waals surface area (Å²) in [4.78, 5) is 12.9. The van der Waals surface area contributed by atoms with Crippen LogP contribution in [-0.2, 0) is 0 Å². The first-order valence-electron chi connectivity index (χ1n) is 13.3. The summed E-state index contributed by atoms with van der Waals surface area (Å²) in [5, 5.41) is 9.93. The third-order valence-corrected chi connectivity index (χ3v) is 6.33. The third kappa shape index (κ3) is 6.49. The van der Waals surface area contributed by atoms with Gasteiger partial charge in [-0.2, -0.15) is 5.26 Å². The van der Waals surface area contributed by atoms with Crippen LogP contribution in [0.4, 0.5) is 0 Å². The molecule has 40 heavy (non-hydrogen) atoms. The second-order valence-electron chi connectivity index (χ2n) is 9.86. The smallest absolute Gasteiger partial charge is 0.343 e. The first-order valence-corrected chi connectivity index (χ1v) is 13.3. The fourth-order valence-corrected chi connectivity index (χ4v) is 4.29. The molecule has 1 heterocycles. The number of benzene rings is 3. The average Bonchev–Trinajstić information content (AvgIpc) is 2.95. The van der Waals surface area contributed by atoms with Crippen molar-refractivity contribution in [3.63, 3.8) is 0 Å². The Morgan fingerprint density at radius 1 is 1.05 bits per heavy atom. The number of nitrogens with zero attached hydrogens (tertiary/aromatic N) is 1. The molecule has 1 unspecified atom stereocenters. The first-order chi connectivity index (χ1) is 19.3. The number of ether oxygens (including phenoxy) is 5. The lowest BCUT2D eigenvalue weighted by Gasteiger charge is -2.27. The van der Waals surface area contributed by atoms with E-state index >= 15 is 0 Å². The number of carbonyl (C=O) groups excluding carboxylic acids is 1. The summed E-state index contributed by atoms with van der Waals surface area (Å²) >= 11 is 0. The second-order valence-corrected chi connectivity index (χ2v) is 9.86. The van der Waals surface area contributed by atoms with Gasteiger partial charge in [0.1, 0.15) is 28.9 Å². The Labute approximate surface area is 234 Å². The molecule has 1 aliphatic rings. The van der Waals surface area contributed by atoms with Crippen LogP contribution >= 0.6 is 0 Å². The van der Waals surface area contributed by atoms with Gasteiger partial charge in [-0.3, -0.25) is 0 Å². The number of nitrogens with two attached hydrogens (primary N) is 1. The van der Waals surface area contributed by atoms with E-state index in [1.54, 1.807) is 49.6 Å². The van der Waals surface area contributed by atoms with Crippen molar-refractivity contribution >= 4 is 5.97 Å². The molecule has 0 saturated heterocycles. The van der Waals surface area contributed by atoms with Gasteiger partial charge in [0, 0.05) is 11.6 Å². The van der Waals surface area contributed by atoms with E-state index in [4.69, 9.17) is 29.4 Å². The van der Waals surface area contributed by atoms with Crippen molar-refractivity contribution in [2.24, 2.45) is 11.7 Å². The minimum Gasteiger partial charge on any atom is -0.494 e. The quantitative estimate of drug-likeness (QED) is 0.169. The molecule has 0 radical (unpaired) electrons. The van der Waals surface area contributed by atoms with Gasteiger partial charge in [-0.1, -0.05) is 45.4 Å². The van der Waals surface area contributed by atoms with Crippen LogP contribution in [0.15, 0.2) is 72.1 Å². The van der Waals surface area contributed by atoms with E-state index in [-0.39, 0.29) is 17.2 Å². The molecule has 3 aromatic rings. The number of unbranched alkanes of at least 4 members (excludes halogenated alkanes) is 1. The van der Waals surface area contributed by atoms with Crippen molar-refractivity contribution in [3.8, 4) is 34.8 Å². The van der Waals surface area contributed by atoms with Gasteiger partial charge in [0.05, 0.1) is 31.8 Å². The molecule has 0 spiro atoms. The van der Waals surface area contributed by atoms with E-state index in [1.165, 1.54) is 0 Å². The summed E-state index contributed by atoms with van der Waals surface area (Å²) in [6.07, 6.45) is 1.95. The molecule has 8 nitrogen and oxygen atoms in total. The largest absolute Gasteiger partial charge is 0.494 e. The lowest BCUT2D eigenvalue weighted by atomic mass is 9.83. The van der Waals surface area contributed by atoms with Crippen LogP contribution in [0.25, 0.3) is 0 Å². The average molecular weight is 543 g/mol. The second kappa shape index (κ2) is 12.9. The zero-order valence-electron chi connectivity index (χ0n) is 23.2. The van der Waals surface area contributed by atoms with Crippen molar-refractivity contribution in [1.82, 2.24) is 0 Å². The van der Waals surface area contributed by atoms with Crippen molar-refractivity contribution in [3.05, 3.63) is 88.8 Å². The molecule has 0 fully saturated rings. The molecule has 0 bridgehead atoms. The molecular formula is C32H34N2O6. The highest BCUT2D eigenvalue weighted by Gasteiger charge is 2.32. The number of nitriles is 1. The molecule has 3 aromatic carbocycles. The molecule has 8 heteroatoms. The van der Waals surface area contributed by atoms with Crippen LogP contribution in [0, 0.1) is 17.2 Å². The standard InChI is InChI=1S/C32H34N2O6/c1-5-6-14-37-23-9-7-8-22(15-23)32(35)39-24-11-12-25-28(17-24)40-31(34)26(18-33)30(25)21-10-13-27(29(16-21)36-4)38-19-20(2)3/h7-13,15-17,20,30H,5-6,14,19,34H2,1-4H3. The zero-order valence-corrected chi connectivity index (χ0v) is 23.2. The van der Waals surface area contributed by atoms with E-state index in [0.29, 0.717) is 53.3 Å². The molecule has 1 atom stereocenters. The van der Waals surface area contributed by atoms with Crippen molar-refractivity contribution in [2.45, 2.75) is 39.5 Å². The van der Waals surface area contributed by atoms with Gasteiger partial charge in [-0.25, -0.2) is 4.79 Å². The van der Waals surface area contributed by atoms with Gasteiger partial charge < -0.3 is 29.4 Å². The molecule has 2 N–H and O–H groups in total. The Kier molecular flexibility index (Phi) is 9.18. The lowest BCUT2D eigenvalue weighted by molar-refractivity contribution is 0.0734. The highest BCUT2D eigenvalue weighted by atomic mass is 16.5. The molecule has 0 amide bonds. The van der Waals surface area contributed by atoms with Gasteiger partial charge >= 0.3 is 5.97 Å². The van der Waals surface area contributed by atoms with E-state index in [2.05, 4.69) is 26.8 Å². The zero-order chi connectivity index (χ0) is 28.6. The monoisotopic (exact) mass is 542 g/mol. The highest BCUT2D eigenvalue weighted by Crippen LogP contribution is 2.45. The number of fused-ring (bicyclic) bond motifs is 1. The Balaban J connectivity index is 1.60. The normalized spacial score (nSPS) is 14.2. The molecule has 208 valence electrons. The summed E-state index contributed by atoms with van der Waals surface area (Å²) in [6.45, 7) is 7.35. The summed E-state index contributed by atoms with van der Waals surface area (Å²) in [5.41, 5.74) is 8.30. The Morgan fingerprint density at radius 2 is 1.88 bits per heavy atom. The van der Waals surface area contributed by atoms with Crippen molar-refractivity contribution in [2.75, 3.05) is 20.3 Å². The summed E-state index contributed by atoms with van der Waals surface area (Å²) in [6, 6.07) is 19.7. The topological polar surface area (TPSA) is 113 Å². The number of methoxy groups -OCH3 is 1. The molecule has 0 aliphatic carbocycles. The maximum Gasteiger partial charge on any atom is 0.343 e. The third-order valence-electron chi connectivity index (χ3n) is 6.33. The first kappa shape index (κ1) is 28.4. The Morgan fingerprint density at radius 3 is 2.60 bits per heavy atom. The van der Waals surface area contributed by atoms with E-state index in [9.17, 15) is 10.1 Å². The van der Waals surface area contributed by atoms with Gasteiger partial charge in [0.25, 0.3) is 0 Å². The predicted octanol–water partition coefficient (Wildman–Crippen LogP) is 6.35. The number of esters is 1. The number of hydrogen-bond acceptors (Lipinski definition) is 8. The van der Waals surface area contributed by atoms with Crippen LogP contribution in [0.2, 0.25) is 0 Å². The fourth-order valence-electron chi connectivity index (χ4n) is 4.29. The van der Waals surface area contributed by atoms with Gasteiger partial charge in [-0.15, -0.1) is 0 Å². The lowest BCUT2D eigenvalue weighted by Crippen LogP contribution is -2.21. The van der Waals surface area contributed by atoms with E-state index in [0.717, 1.165) is 18.4 Å². The van der Waals surface area contributed by atoms with Crippen LogP contribution in [0.5, 0.6) is 28.7 Å². The molecular weight excluding hydrogens is 508 g/mol. The van der Waals surface area contributed by atoms with Crippen LogP contribution < -0.4 is 29.4 Å². The van der Waals surface area contributed by atoms with Gasteiger partial charge in [0.2, 0.25) is 5.88 Å². The van der Waals surface area contributed by atoms with Crippen LogP contribution in [0.1, 0.15) is 61.0 Å².